The van der Waals surface area contributed by atoms with Gasteiger partial charge in [-0.15, -0.1) is 0 Å². The number of esters is 1. The van der Waals surface area contributed by atoms with Crippen LogP contribution in [0.4, 0.5) is 0 Å². The maximum absolute atomic E-state index is 11.9. The molecule has 5 nitrogen and oxygen atoms in total. The van der Waals surface area contributed by atoms with Crippen LogP contribution in [0.2, 0.25) is 0 Å². The summed E-state index contributed by atoms with van der Waals surface area (Å²) in [7, 11) is 1.29. The fraction of sp³-hybridized carbons (Fsp3) is 0.111. The SMILES string of the molecule is C=CCO/C(=C\n1c(C#N)ccc1C(=O)OC)c1ccccc1. The Kier molecular flexibility index (Phi) is 5.37. The van der Waals surface area contributed by atoms with Gasteiger partial charge in [-0.1, -0.05) is 43.0 Å². The third-order valence-electron chi connectivity index (χ3n) is 3.09. The lowest BCUT2D eigenvalue weighted by Crippen LogP contribution is -2.08. The summed E-state index contributed by atoms with van der Waals surface area (Å²) in [5.74, 6) is -0.0118. The van der Waals surface area contributed by atoms with Gasteiger partial charge in [0.25, 0.3) is 0 Å². The van der Waals surface area contributed by atoms with Gasteiger partial charge < -0.3 is 9.47 Å². The van der Waals surface area contributed by atoms with Gasteiger partial charge in [0.15, 0.2) is 0 Å². The third-order valence-corrected chi connectivity index (χ3v) is 3.09. The largest absolute Gasteiger partial charge is 0.487 e. The lowest BCUT2D eigenvalue weighted by Gasteiger charge is -2.11. The summed E-state index contributed by atoms with van der Waals surface area (Å²) in [5, 5.41) is 9.24. The number of carbonyl (C=O) groups is 1. The van der Waals surface area contributed by atoms with Crippen molar-refractivity contribution >= 4 is 17.9 Å². The quantitative estimate of drug-likeness (QED) is 0.466. The molecule has 1 aromatic carbocycles. The van der Waals surface area contributed by atoms with Gasteiger partial charge in [0.05, 0.1) is 13.3 Å². The van der Waals surface area contributed by atoms with Crippen LogP contribution in [-0.4, -0.2) is 24.3 Å². The first kappa shape index (κ1) is 16.1. The second-order valence-electron chi connectivity index (χ2n) is 4.54. The van der Waals surface area contributed by atoms with E-state index in [-0.39, 0.29) is 5.69 Å². The molecule has 0 fully saturated rings. The second kappa shape index (κ2) is 7.66. The number of aromatic nitrogens is 1. The molecule has 0 aliphatic carbocycles. The molecule has 0 N–H and O–H groups in total. The Morgan fingerprint density at radius 2 is 2.04 bits per heavy atom. The van der Waals surface area contributed by atoms with Gasteiger partial charge in [0.2, 0.25) is 0 Å². The zero-order chi connectivity index (χ0) is 16.7. The molecule has 0 unspecified atom stereocenters. The molecule has 0 atom stereocenters. The van der Waals surface area contributed by atoms with Crippen molar-refractivity contribution in [3.8, 4) is 6.07 Å². The Morgan fingerprint density at radius 3 is 2.65 bits per heavy atom. The Bertz CT molecular complexity index is 767. The van der Waals surface area contributed by atoms with Gasteiger partial charge >= 0.3 is 5.97 Å². The molecule has 1 heterocycles. The second-order valence-corrected chi connectivity index (χ2v) is 4.54. The molecule has 0 saturated carbocycles. The van der Waals surface area contributed by atoms with Gasteiger partial charge in [-0.3, -0.25) is 4.57 Å². The molecule has 0 aliphatic heterocycles. The first-order chi connectivity index (χ1) is 11.2. The molecule has 0 radical (unpaired) electrons. The maximum Gasteiger partial charge on any atom is 0.355 e. The summed E-state index contributed by atoms with van der Waals surface area (Å²) < 4.78 is 11.9. The van der Waals surface area contributed by atoms with Crippen molar-refractivity contribution in [3.63, 3.8) is 0 Å². The number of methoxy groups -OCH3 is 1. The maximum atomic E-state index is 11.9. The van der Waals surface area contributed by atoms with Crippen LogP contribution in [-0.2, 0) is 9.47 Å². The first-order valence-electron chi connectivity index (χ1n) is 6.91. The van der Waals surface area contributed by atoms with E-state index in [1.54, 1.807) is 18.3 Å². The van der Waals surface area contributed by atoms with Crippen LogP contribution in [0.5, 0.6) is 0 Å². The van der Waals surface area contributed by atoms with Gasteiger partial charge in [-0.2, -0.15) is 5.26 Å². The van der Waals surface area contributed by atoms with Crippen LogP contribution in [0.25, 0.3) is 12.0 Å². The molecule has 0 spiro atoms. The van der Waals surface area contributed by atoms with Crippen LogP contribution in [0, 0.1) is 11.3 Å². The van der Waals surface area contributed by atoms with Gasteiger partial charge in [0, 0.05) is 5.56 Å². The Balaban J connectivity index is 2.54. The van der Waals surface area contributed by atoms with Crippen LogP contribution >= 0.6 is 0 Å². The van der Waals surface area contributed by atoms with Crippen molar-refractivity contribution in [1.29, 1.82) is 5.26 Å². The Labute approximate surface area is 134 Å². The summed E-state index contributed by atoms with van der Waals surface area (Å²) in [6.07, 6.45) is 3.22. The molecule has 2 rings (SSSR count). The average molecular weight is 308 g/mol. The molecular formula is C18H16N2O3. The minimum Gasteiger partial charge on any atom is -0.487 e. The molecule has 0 aliphatic rings. The van der Waals surface area contributed by atoms with Crippen LogP contribution in [0.15, 0.2) is 55.1 Å². The normalized spacial score (nSPS) is 10.7. The van der Waals surface area contributed by atoms with Crippen molar-refractivity contribution in [2.45, 2.75) is 0 Å². The van der Waals surface area contributed by atoms with E-state index in [9.17, 15) is 10.1 Å². The molecule has 23 heavy (non-hydrogen) atoms. The zero-order valence-corrected chi connectivity index (χ0v) is 12.7. The van der Waals surface area contributed by atoms with E-state index < -0.39 is 5.97 Å². The minimum atomic E-state index is -0.529. The predicted octanol–water partition coefficient (Wildman–Crippen LogP) is 3.30. The molecule has 0 amide bonds. The van der Waals surface area contributed by atoms with E-state index in [1.165, 1.54) is 17.7 Å². The molecule has 5 heteroatoms. The molecule has 2 aromatic rings. The summed E-state index contributed by atoms with van der Waals surface area (Å²) in [6.45, 7) is 3.93. The third kappa shape index (κ3) is 3.69. The van der Waals surface area contributed by atoms with Crippen LogP contribution in [0.1, 0.15) is 21.7 Å². The lowest BCUT2D eigenvalue weighted by atomic mass is 10.2. The van der Waals surface area contributed by atoms with Crippen molar-refractivity contribution in [2.24, 2.45) is 0 Å². The van der Waals surface area contributed by atoms with Gasteiger partial charge in [0.1, 0.15) is 29.8 Å². The van der Waals surface area contributed by atoms with E-state index in [0.717, 1.165) is 5.56 Å². The van der Waals surface area contributed by atoms with E-state index in [0.29, 0.717) is 18.1 Å². The lowest BCUT2D eigenvalue weighted by molar-refractivity contribution is 0.0592. The van der Waals surface area contributed by atoms with Crippen molar-refractivity contribution in [2.75, 3.05) is 13.7 Å². The monoisotopic (exact) mass is 308 g/mol. The number of hydrogen-bond acceptors (Lipinski definition) is 4. The summed E-state index contributed by atoms with van der Waals surface area (Å²) in [5.41, 5.74) is 1.38. The number of nitriles is 1. The highest BCUT2D eigenvalue weighted by Gasteiger charge is 2.15. The number of rotatable bonds is 6. The van der Waals surface area contributed by atoms with E-state index in [4.69, 9.17) is 9.47 Å². The fourth-order valence-corrected chi connectivity index (χ4v) is 2.01. The number of carbonyl (C=O) groups excluding carboxylic acids is 1. The zero-order valence-electron chi connectivity index (χ0n) is 12.7. The summed E-state index contributed by atoms with van der Waals surface area (Å²) in [4.78, 5) is 11.9. The van der Waals surface area contributed by atoms with E-state index in [2.05, 4.69) is 6.58 Å². The number of hydrogen-bond donors (Lipinski definition) is 0. The molecule has 116 valence electrons. The smallest absolute Gasteiger partial charge is 0.355 e. The van der Waals surface area contributed by atoms with Crippen molar-refractivity contribution in [3.05, 3.63) is 72.1 Å². The topological polar surface area (TPSA) is 64.2 Å². The number of ether oxygens (including phenoxy) is 2. The summed E-state index contributed by atoms with van der Waals surface area (Å²) >= 11 is 0. The minimum absolute atomic E-state index is 0.250. The molecule has 0 bridgehead atoms. The van der Waals surface area contributed by atoms with Gasteiger partial charge in [-0.05, 0) is 12.1 Å². The molecule has 0 saturated heterocycles. The van der Waals surface area contributed by atoms with Gasteiger partial charge in [-0.25, -0.2) is 4.79 Å². The summed E-state index contributed by atoms with van der Waals surface area (Å²) in [6, 6.07) is 14.5. The molecular weight excluding hydrogens is 292 g/mol. The molecule has 1 aromatic heterocycles. The number of benzene rings is 1. The van der Waals surface area contributed by atoms with Crippen molar-refractivity contribution < 1.29 is 14.3 Å². The first-order valence-corrected chi connectivity index (χ1v) is 6.91. The highest BCUT2D eigenvalue weighted by Crippen LogP contribution is 2.20. The van der Waals surface area contributed by atoms with E-state index in [1.807, 2.05) is 36.4 Å². The number of nitrogens with zero attached hydrogens (tertiary/aromatic N) is 2. The fourth-order valence-electron chi connectivity index (χ4n) is 2.01. The average Bonchev–Trinajstić information content (AvgIpc) is 3.01. The Morgan fingerprint density at radius 1 is 1.30 bits per heavy atom. The standard InChI is InChI=1S/C18H16N2O3/c1-3-11-23-17(14-7-5-4-6-8-14)13-20-15(12-19)9-10-16(20)18(21)22-2/h3-10,13H,1,11H2,2H3/b17-13-. The highest BCUT2D eigenvalue weighted by molar-refractivity contribution is 5.90. The van der Waals surface area contributed by atoms with Crippen LogP contribution in [0.3, 0.4) is 0 Å². The van der Waals surface area contributed by atoms with Crippen molar-refractivity contribution in [1.82, 2.24) is 4.57 Å². The van der Waals surface area contributed by atoms with E-state index >= 15 is 0 Å². The highest BCUT2D eigenvalue weighted by atomic mass is 16.5. The van der Waals surface area contributed by atoms with Crippen LogP contribution < -0.4 is 0 Å². The Hall–Kier alpha value is -3.26. The predicted molar refractivity (Wildman–Crippen MR) is 87.2 cm³/mol.